The quantitative estimate of drug-likeness (QED) is 0.875. The molecular weight excluding hydrogens is 290 g/mol. The van der Waals surface area contributed by atoms with E-state index >= 15 is 0 Å². The number of nitrogens with one attached hydrogen (secondary N) is 1. The molecule has 6 heteroatoms. The van der Waals surface area contributed by atoms with Gasteiger partial charge in [0.25, 0.3) is 5.91 Å². The highest BCUT2D eigenvalue weighted by atomic mass is 16.1. The summed E-state index contributed by atoms with van der Waals surface area (Å²) >= 11 is 0. The Bertz CT molecular complexity index is 671. The monoisotopic (exact) mass is 313 g/mol. The van der Waals surface area contributed by atoms with E-state index in [1.54, 1.807) is 4.57 Å². The molecule has 3 N–H and O–H groups in total. The number of benzene rings is 1. The normalized spacial score (nSPS) is 15.7. The Labute approximate surface area is 136 Å². The molecule has 1 aromatic carbocycles. The van der Waals surface area contributed by atoms with Crippen molar-refractivity contribution in [3.05, 3.63) is 41.5 Å². The van der Waals surface area contributed by atoms with Crippen molar-refractivity contribution >= 4 is 5.91 Å². The minimum atomic E-state index is -0.559. The number of aromatic nitrogens is 3. The standard InChI is InChI=1S/C17H23N5O/c1-2-15-20-21-17(16(18)23)22(15)14-5-3-12(4-6-14)11-13-7-9-19-10-8-13/h3-6,13,19H,2,7-11H2,1H3,(H2,18,23). The molecule has 0 aliphatic carbocycles. The van der Waals surface area contributed by atoms with Crippen LogP contribution in [0.1, 0.15) is 41.8 Å². The molecule has 1 saturated heterocycles. The zero-order chi connectivity index (χ0) is 16.2. The summed E-state index contributed by atoms with van der Waals surface area (Å²) in [5.41, 5.74) is 7.62. The van der Waals surface area contributed by atoms with E-state index in [9.17, 15) is 4.79 Å². The number of nitrogens with two attached hydrogens (primary N) is 1. The summed E-state index contributed by atoms with van der Waals surface area (Å²) < 4.78 is 1.75. The van der Waals surface area contributed by atoms with Crippen LogP contribution in [0, 0.1) is 5.92 Å². The number of hydrogen-bond donors (Lipinski definition) is 2. The van der Waals surface area contributed by atoms with Crippen molar-refractivity contribution in [2.75, 3.05) is 13.1 Å². The number of nitrogens with zero attached hydrogens (tertiary/aromatic N) is 3. The molecule has 0 atom stereocenters. The van der Waals surface area contributed by atoms with E-state index in [0.29, 0.717) is 6.42 Å². The topological polar surface area (TPSA) is 85.8 Å². The van der Waals surface area contributed by atoms with Gasteiger partial charge in [0.1, 0.15) is 5.82 Å². The van der Waals surface area contributed by atoms with Gasteiger partial charge in [0.15, 0.2) is 0 Å². The van der Waals surface area contributed by atoms with Crippen molar-refractivity contribution in [3.8, 4) is 5.69 Å². The Balaban J connectivity index is 1.82. The largest absolute Gasteiger partial charge is 0.363 e. The second-order valence-electron chi connectivity index (χ2n) is 6.06. The number of aryl methyl sites for hydroxylation is 1. The van der Waals surface area contributed by atoms with Gasteiger partial charge >= 0.3 is 0 Å². The van der Waals surface area contributed by atoms with Crippen LogP contribution in [0.4, 0.5) is 0 Å². The molecule has 2 heterocycles. The molecule has 0 spiro atoms. The van der Waals surface area contributed by atoms with Crippen molar-refractivity contribution in [1.82, 2.24) is 20.1 Å². The summed E-state index contributed by atoms with van der Waals surface area (Å²) in [6, 6.07) is 8.29. The van der Waals surface area contributed by atoms with Gasteiger partial charge in [-0.25, -0.2) is 0 Å². The minimum absolute atomic E-state index is 0.188. The van der Waals surface area contributed by atoms with Gasteiger partial charge in [-0.15, -0.1) is 10.2 Å². The van der Waals surface area contributed by atoms with Gasteiger partial charge in [0.2, 0.25) is 5.82 Å². The molecule has 122 valence electrons. The molecule has 1 amide bonds. The summed E-state index contributed by atoms with van der Waals surface area (Å²) in [4.78, 5) is 11.5. The Morgan fingerprint density at radius 1 is 1.26 bits per heavy atom. The highest BCUT2D eigenvalue weighted by Crippen LogP contribution is 2.20. The maximum atomic E-state index is 11.5. The van der Waals surface area contributed by atoms with Gasteiger partial charge in [0.05, 0.1) is 0 Å². The van der Waals surface area contributed by atoms with Crippen LogP contribution in [0.25, 0.3) is 5.69 Å². The van der Waals surface area contributed by atoms with E-state index < -0.39 is 5.91 Å². The Morgan fingerprint density at radius 2 is 1.96 bits per heavy atom. The number of rotatable bonds is 5. The number of amides is 1. The first-order valence-corrected chi connectivity index (χ1v) is 8.23. The second-order valence-corrected chi connectivity index (χ2v) is 6.06. The van der Waals surface area contributed by atoms with Gasteiger partial charge in [-0.2, -0.15) is 0 Å². The Hall–Kier alpha value is -2.21. The first-order valence-electron chi connectivity index (χ1n) is 8.23. The molecule has 0 saturated carbocycles. The van der Waals surface area contributed by atoms with Crippen LogP contribution in [0.2, 0.25) is 0 Å². The number of hydrogen-bond acceptors (Lipinski definition) is 4. The zero-order valence-electron chi connectivity index (χ0n) is 13.5. The van der Waals surface area contributed by atoms with E-state index in [1.807, 2.05) is 19.1 Å². The maximum absolute atomic E-state index is 11.5. The van der Waals surface area contributed by atoms with Crippen LogP contribution in [0.5, 0.6) is 0 Å². The lowest BCUT2D eigenvalue weighted by atomic mass is 9.91. The van der Waals surface area contributed by atoms with E-state index in [4.69, 9.17) is 5.73 Å². The third kappa shape index (κ3) is 3.42. The highest BCUT2D eigenvalue weighted by molar-refractivity contribution is 5.89. The molecular formula is C17H23N5O. The van der Waals surface area contributed by atoms with Crippen LogP contribution in [-0.2, 0) is 12.8 Å². The summed E-state index contributed by atoms with van der Waals surface area (Å²) in [5.74, 6) is 1.12. The lowest BCUT2D eigenvalue weighted by molar-refractivity contribution is 0.0988. The molecule has 1 aromatic heterocycles. The van der Waals surface area contributed by atoms with E-state index in [0.717, 1.165) is 36.9 Å². The van der Waals surface area contributed by atoms with E-state index in [2.05, 4.69) is 27.6 Å². The molecule has 0 bridgehead atoms. The predicted molar refractivity (Wildman–Crippen MR) is 88.6 cm³/mol. The third-order valence-electron chi connectivity index (χ3n) is 4.44. The molecule has 6 nitrogen and oxygen atoms in total. The molecule has 1 fully saturated rings. The average Bonchev–Trinajstić information content (AvgIpc) is 3.01. The summed E-state index contributed by atoms with van der Waals surface area (Å²) in [6.07, 6.45) is 4.27. The molecule has 0 radical (unpaired) electrons. The lowest BCUT2D eigenvalue weighted by Crippen LogP contribution is -2.28. The minimum Gasteiger partial charge on any atom is -0.363 e. The number of piperidine rings is 1. The van der Waals surface area contributed by atoms with Gasteiger partial charge in [-0.1, -0.05) is 19.1 Å². The van der Waals surface area contributed by atoms with Crippen LogP contribution >= 0.6 is 0 Å². The van der Waals surface area contributed by atoms with Crippen molar-refractivity contribution in [2.45, 2.75) is 32.6 Å². The van der Waals surface area contributed by atoms with Crippen LogP contribution in [0.3, 0.4) is 0 Å². The number of carbonyl (C=O) groups is 1. The first kappa shape index (κ1) is 15.7. The second kappa shape index (κ2) is 6.91. The number of carbonyl (C=O) groups excluding carboxylic acids is 1. The Morgan fingerprint density at radius 3 is 2.57 bits per heavy atom. The fraction of sp³-hybridized carbons (Fsp3) is 0.471. The van der Waals surface area contributed by atoms with Gasteiger partial charge < -0.3 is 11.1 Å². The fourth-order valence-corrected chi connectivity index (χ4v) is 3.18. The molecule has 2 aromatic rings. The molecule has 3 rings (SSSR count). The zero-order valence-corrected chi connectivity index (χ0v) is 13.5. The lowest BCUT2D eigenvalue weighted by Gasteiger charge is -2.22. The van der Waals surface area contributed by atoms with Crippen molar-refractivity contribution in [1.29, 1.82) is 0 Å². The van der Waals surface area contributed by atoms with Crippen LogP contribution in [-0.4, -0.2) is 33.8 Å². The van der Waals surface area contributed by atoms with E-state index in [1.165, 1.54) is 18.4 Å². The first-order chi connectivity index (χ1) is 11.2. The van der Waals surface area contributed by atoms with Crippen molar-refractivity contribution < 1.29 is 4.79 Å². The summed E-state index contributed by atoms with van der Waals surface area (Å²) in [5, 5.41) is 11.4. The third-order valence-corrected chi connectivity index (χ3v) is 4.44. The molecule has 1 aliphatic rings. The maximum Gasteiger partial charge on any atom is 0.287 e. The van der Waals surface area contributed by atoms with Gasteiger partial charge in [-0.3, -0.25) is 9.36 Å². The van der Waals surface area contributed by atoms with Crippen molar-refractivity contribution in [2.24, 2.45) is 11.7 Å². The predicted octanol–water partition coefficient (Wildman–Crippen LogP) is 1.47. The summed E-state index contributed by atoms with van der Waals surface area (Å²) in [6.45, 7) is 4.22. The smallest absolute Gasteiger partial charge is 0.287 e. The van der Waals surface area contributed by atoms with Crippen LogP contribution < -0.4 is 11.1 Å². The average molecular weight is 313 g/mol. The van der Waals surface area contributed by atoms with Crippen molar-refractivity contribution in [3.63, 3.8) is 0 Å². The van der Waals surface area contributed by atoms with E-state index in [-0.39, 0.29) is 5.82 Å². The molecule has 1 aliphatic heterocycles. The Kier molecular flexibility index (Phi) is 4.71. The van der Waals surface area contributed by atoms with Gasteiger partial charge in [0, 0.05) is 12.1 Å². The fourth-order valence-electron chi connectivity index (χ4n) is 3.18. The van der Waals surface area contributed by atoms with Crippen LogP contribution in [0.15, 0.2) is 24.3 Å². The summed E-state index contributed by atoms with van der Waals surface area (Å²) in [7, 11) is 0. The SMILES string of the molecule is CCc1nnc(C(N)=O)n1-c1ccc(CC2CCNCC2)cc1. The van der Waals surface area contributed by atoms with Gasteiger partial charge in [-0.05, 0) is 56.0 Å². The number of primary amides is 1. The highest BCUT2D eigenvalue weighted by Gasteiger charge is 2.17. The molecule has 0 unspecified atom stereocenters. The molecule has 23 heavy (non-hydrogen) atoms.